The van der Waals surface area contributed by atoms with Gasteiger partial charge in [-0.05, 0) is 34.8 Å². The second kappa shape index (κ2) is 8.88. The number of aromatic nitrogens is 3. The van der Waals surface area contributed by atoms with Crippen LogP contribution in [0.15, 0.2) is 45.9 Å². The molecular formula is C16H10Cl2N4S3. The molecule has 0 aromatic carbocycles. The van der Waals surface area contributed by atoms with E-state index in [4.69, 9.17) is 23.2 Å². The molecular weight excluding hydrogens is 415 g/mol. The van der Waals surface area contributed by atoms with E-state index < -0.39 is 0 Å². The van der Waals surface area contributed by atoms with Crippen molar-refractivity contribution in [1.29, 1.82) is 5.26 Å². The first-order valence-corrected chi connectivity index (χ1v) is 10.5. The van der Waals surface area contributed by atoms with Gasteiger partial charge in [-0.3, -0.25) is 0 Å². The van der Waals surface area contributed by atoms with Gasteiger partial charge in [-0.25, -0.2) is 9.97 Å². The predicted octanol–water partition coefficient (Wildman–Crippen LogP) is 5.70. The topological polar surface area (TPSA) is 62.5 Å². The van der Waals surface area contributed by atoms with Gasteiger partial charge in [0.25, 0.3) is 0 Å². The molecule has 3 heterocycles. The van der Waals surface area contributed by atoms with Gasteiger partial charge in [0.15, 0.2) is 0 Å². The standard InChI is InChI=1S/C16H10Cl2N4S3/c17-13-3-1-10(6-20-13)8-23-15-12(5-19)16(25-22-15)24-9-11-2-4-14(18)21-7-11/h1-4,6-7H,8-9H2. The van der Waals surface area contributed by atoms with Gasteiger partial charge in [0.2, 0.25) is 0 Å². The Balaban J connectivity index is 1.65. The molecule has 3 aromatic heterocycles. The number of hydrogen-bond acceptors (Lipinski definition) is 7. The lowest BCUT2D eigenvalue weighted by Crippen LogP contribution is -1.85. The molecule has 0 unspecified atom stereocenters. The van der Waals surface area contributed by atoms with Crippen LogP contribution >= 0.6 is 58.3 Å². The Bertz CT molecular complexity index is 822. The summed E-state index contributed by atoms with van der Waals surface area (Å²) in [5.74, 6) is 1.40. The smallest absolute Gasteiger partial charge is 0.129 e. The van der Waals surface area contributed by atoms with Gasteiger partial charge in [-0.2, -0.15) is 9.64 Å². The molecule has 0 N–H and O–H groups in total. The first-order chi connectivity index (χ1) is 12.2. The zero-order valence-corrected chi connectivity index (χ0v) is 16.6. The third-order valence-electron chi connectivity index (χ3n) is 3.06. The number of nitriles is 1. The number of thioether (sulfide) groups is 2. The summed E-state index contributed by atoms with van der Waals surface area (Å²) in [6.45, 7) is 0. The van der Waals surface area contributed by atoms with E-state index >= 15 is 0 Å². The molecule has 3 rings (SSSR count). The first kappa shape index (κ1) is 18.5. The normalized spacial score (nSPS) is 10.6. The van der Waals surface area contributed by atoms with Crippen molar-refractivity contribution < 1.29 is 0 Å². The van der Waals surface area contributed by atoms with E-state index in [9.17, 15) is 5.26 Å². The van der Waals surface area contributed by atoms with Crippen LogP contribution in [0.5, 0.6) is 0 Å². The maximum absolute atomic E-state index is 9.49. The highest BCUT2D eigenvalue weighted by atomic mass is 35.5. The first-order valence-electron chi connectivity index (χ1n) is 7.02. The fourth-order valence-corrected chi connectivity index (χ4v) is 5.02. The minimum Gasteiger partial charge on any atom is -0.244 e. The maximum atomic E-state index is 9.49. The van der Waals surface area contributed by atoms with Gasteiger partial charge >= 0.3 is 0 Å². The van der Waals surface area contributed by atoms with E-state index in [1.54, 1.807) is 36.3 Å². The lowest BCUT2D eigenvalue weighted by Gasteiger charge is -2.01. The quantitative estimate of drug-likeness (QED) is 0.373. The molecule has 0 atom stereocenters. The number of halogens is 2. The molecule has 0 fully saturated rings. The van der Waals surface area contributed by atoms with E-state index in [-0.39, 0.29) is 0 Å². The van der Waals surface area contributed by atoms with Crippen molar-refractivity contribution in [3.8, 4) is 6.07 Å². The molecule has 0 bridgehead atoms. The Labute approximate surface area is 167 Å². The lowest BCUT2D eigenvalue weighted by molar-refractivity contribution is 1.21. The third-order valence-corrected chi connectivity index (χ3v) is 6.84. The molecule has 0 saturated carbocycles. The summed E-state index contributed by atoms with van der Waals surface area (Å²) >= 11 is 16.0. The molecule has 25 heavy (non-hydrogen) atoms. The molecule has 0 spiro atoms. The molecule has 0 aliphatic heterocycles. The van der Waals surface area contributed by atoms with E-state index in [1.807, 2.05) is 12.1 Å². The van der Waals surface area contributed by atoms with Crippen molar-refractivity contribution in [3.63, 3.8) is 0 Å². The molecule has 3 aromatic rings. The van der Waals surface area contributed by atoms with Crippen LogP contribution < -0.4 is 0 Å². The summed E-state index contributed by atoms with van der Waals surface area (Å²) < 4.78 is 5.34. The minimum absolute atomic E-state index is 0.468. The molecule has 126 valence electrons. The van der Waals surface area contributed by atoms with E-state index in [0.717, 1.165) is 20.4 Å². The van der Waals surface area contributed by atoms with Crippen molar-refractivity contribution in [2.75, 3.05) is 0 Å². The van der Waals surface area contributed by atoms with Crippen LogP contribution in [0, 0.1) is 11.3 Å². The van der Waals surface area contributed by atoms with Crippen molar-refractivity contribution in [1.82, 2.24) is 14.3 Å². The average Bonchev–Trinajstić information content (AvgIpc) is 3.02. The van der Waals surface area contributed by atoms with Crippen molar-refractivity contribution >= 4 is 58.3 Å². The van der Waals surface area contributed by atoms with Gasteiger partial charge in [0.1, 0.15) is 27.0 Å². The summed E-state index contributed by atoms with van der Waals surface area (Å²) in [4.78, 5) is 8.12. The molecule has 0 amide bonds. The van der Waals surface area contributed by atoms with Gasteiger partial charge in [-0.15, -0.1) is 11.8 Å². The number of nitrogens with zero attached hydrogens (tertiary/aromatic N) is 4. The largest absolute Gasteiger partial charge is 0.244 e. The van der Waals surface area contributed by atoms with Crippen LogP contribution in [0.2, 0.25) is 10.3 Å². The highest BCUT2D eigenvalue weighted by molar-refractivity contribution is 8.00. The zero-order chi connectivity index (χ0) is 17.6. The van der Waals surface area contributed by atoms with Crippen LogP contribution in [-0.4, -0.2) is 14.3 Å². The maximum Gasteiger partial charge on any atom is 0.129 e. The highest BCUT2D eigenvalue weighted by Gasteiger charge is 2.15. The zero-order valence-electron chi connectivity index (χ0n) is 12.6. The molecule has 9 heteroatoms. The number of pyridine rings is 2. The number of hydrogen-bond donors (Lipinski definition) is 0. The van der Waals surface area contributed by atoms with Crippen LogP contribution in [0.4, 0.5) is 0 Å². The summed E-state index contributed by atoms with van der Waals surface area (Å²) in [6.07, 6.45) is 3.47. The van der Waals surface area contributed by atoms with E-state index in [2.05, 4.69) is 20.4 Å². The second-order valence-corrected chi connectivity index (χ2v) is 8.57. The van der Waals surface area contributed by atoms with Gasteiger partial charge in [0, 0.05) is 23.9 Å². The molecule has 0 radical (unpaired) electrons. The predicted molar refractivity (Wildman–Crippen MR) is 104 cm³/mol. The van der Waals surface area contributed by atoms with E-state index in [0.29, 0.717) is 27.4 Å². The Hall–Kier alpha value is -1.30. The Morgan fingerprint density at radius 3 is 2.08 bits per heavy atom. The van der Waals surface area contributed by atoms with Crippen LogP contribution in [0.1, 0.15) is 16.7 Å². The van der Waals surface area contributed by atoms with Crippen molar-refractivity contribution in [2.45, 2.75) is 20.7 Å². The monoisotopic (exact) mass is 424 g/mol. The fourth-order valence-electron chi connectivity index (χ4n) is 1.84. The Morgan fingerprint density at radius 2 is 1.56 bits per heavy atom. The van der Waals surface area contributed by atoms with Crippen molar-refractivity contribution in [2.24, 2.45) is 0 Å². The van der Waals surface area contributed by atoms with Crippen molar-refractivity contribution in [3.05, 3.63) is 63.7 Å². The van der Waals surface area contributed by atoms with E-state index in [1.165, 1.54) is 23.3 Å². The number of rotatable bonds is 6. The van der Waals surface area contributed by atoms with Gasteiger partial charge in [0.05, 0.1) is 4.21 Å². The second-order valence-electron chi connectivity index (χ2n) is 4.82. The molecule has 0 aliphatic rings. The third kappa shape index (κ3) is 5.09. The lowest BCUT2D eigenvalue weighted by atomic mass is 10.3. The Kier molecular flexibility index (Phi) is 6.57. The van der Waals surface area contributed by atoms with Gasteiger partial charge in [-0.1, -0.05) is 47.1 Å². The average molecular weight is 425 g/mol. The SMILES string of the molecule is N#Cc1c(SCc2ccc(Cl)nc2)nsc1SCc1ccc(Cl)nc1. The summed E-state index contributed by atoms with van der Waals surface area (Å²) in [5.41, 5.74) is 2.71. The summed E-state index contributed by atoms with van der Waals surface area (Å²) in [7, 11) is 0. The summed E-state index contributed by atoms with van der Waals surface area (Å²) in [6, 6.07) is 9.63. The minimum atomic E-state index is 0.468. The highest BCUT2D eigenvalue weighted by Crippen LogP contribution is 2.36. The van der Waals surface area contributed by atoms with Crippen LogP contribution in [-0.2, 0) is 11.5 Å². The fraction of sp³-hybridized carbons (Fsp3) is 0.125. The molecule has 0 aliphatic carbocycles. The summed E-state index contributed by atoms with van der Waals surface area (Å²) in [5, 5.41) is 11.2. The van der Waals surface area contributed by atoms with Gasteiger partial charge < -0.3 is 0 Å². The van der Waals surface area contributed by atoms with Crippen LogP contribution in [0.25, 0.3) is 0 Å². The molecule has 4 nitrogen and oxygen atoms in total. The Morgan fingerprint density at radius 1 is 0.960 bits per heavy atom. The molecule has 0 saturated heterocycles. The van der Waals surface area contributed by atoms with Crippen LogP contribution in [0.3, 0.4) is 0 Å².